The minimum atomic E-state index is -0.965. The topological polar surface area (TPSA) is 66.8 Å². The highest BCUT2D eigenvalue weighted by atomic mass is 16.5. The Morgan fingerprint density at radius 1 is 1.19 bits per heavy atom. The van der Waals surface area contributed by atoms with Gasteiger partial charge in [0.05, 0.1) is 13.5 Å². The second-order valence-corrected chi connectivity index (χ2v) is 11.6. The molecule has 1 aromatic rings. The second-order valence-electron chi connectivity index (χ2n) is 11.6. The average Bonchev–Trinajstić information content (AvgIpc) is 3.16. The lowest BCUT2D eigenvalue weighted by Gasteiger charge is -2.53. The Balaban J connectivity index is 1.54. The van der Waals surface area contributed by atoms with E-state index in [1.54, 1.807) is 0 Å². The molecule has 0 spiro atoms. The largest absolute Gasteiger partial charge is 0.469 e. The summed E-state index contributed by atoms with van der Waals surface area (Å²) in [6, 6.07) is 8.71. The summed E-state index contributed by atoms with van der Waals surface area (Å²) in [7, 11) is 3.41. The Bertz CT molecular complexity index is 1220. The molecule has 0 aliphatic heterocycles. The van der Waals surface area contributed by atoms with E-state index in [1.807, 2.05) is 20.0 Å². The van der Waals surface area contributed by atoms with Gasteiger partial charge in [-0.3, -0.25) is 9.59 Å². The summed E-state index contributed by atoms with van der Waals surface area (Å²) in [5.74, 6) is 7.32. The molecule has 5 atom stereocenters. The molecule has 0 amide bonds. The van der Waals surface area contributed by atoms with Gasteiger partial charge in [0.2, 0.25) is 0 Å². The molecule has 5 nitrogen and oxygen atoms in total. The van der Waals surface area contributed by atoms with Crippen LogP contribution in [0.3, 0.4) is 0 Å². The van der Waals surface area contributed by atoms with Gasteiger partial charge in [0.1, 0.15) is 5.60 Å². The van der Waals surface area contributed by atoms with Crippen molar-refractivity contribution in [1.29, 1.82) is 0 Å². The molecule has 2 saturated carbocycles. The number of allylic oxidation sites excluding steroid dienone is 4. The number of esters is 1. The van der Waals surface area contributed by atoms with Gasteiger partial charge in [-0.2, -0.15) is 0 Å². The molecule has 4 aliphatic carbocycles. The molecule has 1 N–H and O–H groups in total. The zero-order chi connectivity index (χ0) is 26.4. The van der Waals surface area contributed by atoms with E-state index in [9.17, 15) is 14.7 Å². The van der Waals surface area contributed by atoms with E-state index < -0.39 is 5.60 Å². The van der Waals surface area contributed by atoms with Gasteiger partial charge in [-0.15, -0.1) is 5.92 Å². The molecule has 5 heteroatoms. The van der Waals surface area contributed by atoms with Crippen LogP contribution in [0.2, 0.25) is 0 Å². The summed E-state index contributed by atoms with van der Waals surface area (Å²) in [6.45, 7) is 4.69. The third-order valence-corrected chi connectivity index (χ3v) is 9.83. The smallest absolute Gasteiger partial charge is 0.307 e. The van der Waals surface area contributed by atoms with Crippen LogP contribution in [0.1, 0.15) is 76.7 Å². The van der Waals surface area contributed by atoms with E-state index in [0.29, 0.717) is 31.2 Å². The highest BCUT2D eigenvalue weighted by Gasteiger charge is 2.62. The van der Waals surface area contributed by atoms with Gasteiger partial charge in [0.25, 0.3) is 0 Å². The third-order valence-electron chi connectivity index (χ3n) is 9.83. The molecule has 0 unspecified atom stereocenters. The van der Waals surface area contributed by atoms with Crippen molar-refractivity contribution in [2.45, 2.75) is 76.7 Å². The van der Waals surface area contributed by atoms with Crippen molar-refractivity contribution in [1.82, 2.24) is 0 Å². The van der Waals surface area contributed by atoms with Gasteiger partial charge in [-0.05, 0) is 92.2 Å². The standard InChI is InChI=1S/C32H39NO4/c1-5-16-32(36)17-14-28-26-12-8-22-19-24(34)11-13-25(22)30(26)27(20-31(28,32)2)21-6-9-23(10-7-21)33(3)18-15-29(35)37-4/h6-7,9-10,19,26-28,36H,8,11-15,17-18,20H2,1-4H3/t26-,27+,28-,31-,32-/m0/s1. The Labute approximate surface area is 221 Å². The lowest BCUT2D eigenvalue weighted by Crippen LogP contribution is -2.51. The highest BCUT2D eigenvalue weighted by molar-refractivity contribution is 5.93. The summed E-state index contributed by atoms with van der Waals surface area (Å²) < 4.78 is 4.79. The zero-order valence-corrected chi connectivity index (χ0v) is 22.6. The Kier molecular flexibility index (Phi) is 6.83. The van der Waals surface area contributed by atoms with Gasteiger partial charge in [0, 0.05) is 37.0 Å². The number of nitrogens with zero attached hydrogens (tertiary/aromatic N) is 1. The van der Waals surface area contributed by atoms with Crippen molar-refractivity contribution in [3.05, 3.63) is 52.6 Å². The average molecular weight is 502 g/mol. The van der Waals surface area contributed by atoms with E-state index in [1.165, 1.54) is 29.4 Å². The Hall–Kier alpha value is -2.84. The summed E-state index contributed by atoms with van der Waals surface area (Å²) in [5, 5.41) is 11.8. The van der Waals surface area contributed by atoms with Crippen LogP contribution in [-0.2, 0) is 14.3 Å². The number of ketones is 1. The Morgan fingerprint density at radius 3 is 2.65 bits per heavy atom. The summed E-state index contributed by atoms with van der Waals surface area (Å²) in [6.07, 6.45) is 8.26. The predicted octanol–water partition coefficient (Wildman–Crippen LogP) is 5.34. The van der Waals surface area contributed by atoms with Crippen molar-refractivity contribution < 1.29 is 19.4 Å². The van der Waals surface area contributed by atoms with Crippen LogP contribution in [0.15, 0.2) is 47.1 Å². The quantitative estimate of drug-likeness (QED) is 0.436. The maximum atomic E-state index is 12.3. The zero-order valence-electron chi connectivity index (χ0n) is 22.6. The number of methoxy groups -OCH3 is 1. The van der Waals surface area contributed by atoms with E-state index in [4.69, 9.17) is 4.74 Å². The second kappa shape index (κ2) is 9.80. The fourth-order valence-electron chi connectivity index (χ4n) is 7.83. The summed E-state index contributed by atoms with van der Waals surface area (Å²) in [4.78, 5) is 25.9. The fraction of sp³-hybridized carbons (Fsp3) is 0.562. The summed E-state index contributed by atoms with van der Waals surface area (Å²) in [5.41, 5.74) is 5.26. The van der Waals surface area contributed by atoms with Crippen molar-refractivity contribution in [3.63, 3.8) is 0 Å². The summed E-state index contributed by atoms with van der Waals surface area (Å²) >= 11 is 0. The van der Waals surface area contributed by atoms with Crippen molar-refractivity contribution >= 4 is 17.4 Å². The number of anilines is 1. The number of carbonyl (C=O) groups is 2. The van der Waals surface area contributed by atoms with Gasteiger partial charge < -0.3 is 14.7 Å². The van der Waals surface area contributed by atoms with Crippen LogP contribution >= 0.6 is 0 Å². The molecule has 0 saturated heterocycles. The number of benzene rings is 1. The Morgan fingerprint density at radius 2 is 1.95 bits per heavy atom. The number of aliphatic hydroxyl groups is 1. The monoisotopic (exact) mass is 501 g/mol. The van der Waals surface area contributed by atoms with Crippen LogP contribution in [0.5, 0.6) is 0 Å². The van der Waals surface area contributed by atoms with Crippen LogP contribution < -0.4 is 4.90 Å². The normalized spacial score (nSPS) is 32.4. The van der Waals surface area contributed by atoms with Crippen molar-refractivity contribution in [2.24, 2.45) is 17.3 Å². The number of rotatable bonds is 5. The SMILES string of the molecule is CC#C[C@]1(O)CC[C@H]2[C@@H]3CCC4=CC(=O)CCC4=C3[C@@H](c3ccc(N(C)CCC(=O)OC)cc3)C[C@@]21C. The molecule has 37 heavy (non-hydrogen) atoms. The minimum Gasteiger partial charge on any atom is -0.469 e. The maximum Gasteiger partial charge on any atom is 0.307 e. The molecule has 0 radical (unpaired) electrons. The van der Waals surface area contributed by atoms with Crippen LogP contribution in [0.25, 0.3) is 0 Å². The molecular formula is C32H39NO4. The molecule has 196 valence electrons. The lowest BCUT2D eigenvalue weighted by atomic mass is 9.51. The van der Waals surface area contributed by atoms with Gasteiger partial charge in [-0.1, -0.05) is 30.6 Å². The minimum absolute atomic E-state index is 0.191. The highest BCUT2D eigenvalue weighted by Crippen LogP contribution is 2.66. The first-order chi connectivity index (χ1) is 17.7. The third kappa shape index (κ3) is 4.34. The fourth-order valence-corrected chi connectivity index (χ4v) is 7.83. The van der Waals surface area contributed by atoms with E-state index in [0.717, 1.165) is 44.2 Å². The number of hydrogen-bond acceptors (Lipinski definition) is 5. The van der Waals surface area contributed by atoms with E-state index in [-0.39, 0.29) is 23.1 Å². The van der Waals surface area contributed by atoms with Gasteiger partial charge in [-0.25, -0.2) is 0 Å². The number of fused-ring (bicyclic) bond motifs is 4. The number of carbonyl (C=O) groups excluding carboxylic acids is 2. The lowest BCUT2D eigenvalue weighted by molar-refractivity contribution is -0.140. The van der Waals surface area contributed by atoms with E-state index >= 15 is 0 Å². The van der Waals surface area contributed by atoms with Crippen molar-refractivity contribution in [2.75, 3.05) is 25.6 Å². The molecule has 0 aromatic heterocycles. The molecule has 4 aliphatic rings. The number of hydrogen-bond donors (Lipinski definition) is 1. The maximum absolute atomic E-state index is 12.3. The van der Waals surface area contributed by atoms with Crippen LogP contribution in [0, 0.1) is 29.1 Å². The van der Waals surface area contributed by atoms with Gasteiger partial charge in [0.15, 0.2) is 5.78 Å². The van der Waals surface area contributed by atoms with Gasteiger partial charge >= 0.3 is 5.97 Å². The van der Waals surface area contributed by atoms with Crippen LogP contribution in [-0.4, -0.2) is 43.2 Å². The molecule has 0 heterocycles. The number of ether oxygens (including phenoxy) is 1. The first-order valence-electron chi connectivity index (χ1n) is 13.7. The van der Waals surface area contributed by atoms with E-state index in [2.05, 4.69) is 47.9 Å². The first-order valence-corrected chi connectivity index (χ1v) is 13.7. The van der Waals surface area contributed by atoms with Crippen LogP contribution in [0.4, 0.5) is 5.69 Å². The molecule has 5 rings (SSSR count). The first kappa shape index (κ1) is 25.8. The predicted molar refractivity (Wildman–Crippen MR) is 145 cm³/mol. The van der Waals surface area contributed by atoms with Crippen molar-refractivity contribution in [3.8, 4) is 11.8 Å². The molecular weight excluding hydrogens is 462 g/mol. The molecule has 1 aromatic carbocycles. The molecule has 0 bridgehead atoms. The molecule has 2 fully saturated rings.